The van der Waals surface area contributed by atoms with E-state index in [1.807, 2.05) is 0 Å². The molecule has 0 aliphatic heterocycles. The molecular weight excluding hydrogens is 707 g/mol. The zero-order valence-corrected chi connectivity index (χ0v) is 38.3. The van der Waals surface area contributed by atoms with Crippen LogP contribution in [0.15, 0.2) is 12.2 Å². The van der Waals surface area contributed by atoms with E-state index in [0.717, 1.165) is 70.6 Å². The summed E-state index contributed by atoms with van der Waals surface area (Å²) in [6.07, 6.45) is 53.2. The molecule has 0 saturated heterocycles. The third-order valence-electron chi connectivity index (χ3n) is 11.8. The molecule has 0 heterocycles. The van der Waals surface area contributed by atoms with Crippen molar-refractivity contribution in [2.75, 3.05) is 13.2 Å². The Morgan fingerprint density at radius 1 is 0.474 bits per heavy atom. The van der Waals surface area contributed by atoms with Gasteiger partial charge in [0, 0.05) is 12.8 Å². The number of aliphatic hydroxyl groups excluding tert-OH is 2. The number of unbranched alkanes of at least 4 members (excludes halogenated alkanes) is 34. The Kier molecular flexibility index (Phi) is 46.1. The standard InChI is InChI=1S/C51H99NO5/c1-3-5-7-9-11-13-15-16-17-18-20-24-27-31-35-39-43-49(54)48(47-53)52-50(55)44-40-36-32-28-25-21-19-22-26-30-34-38-42-46-57-51(56)45-41-37-33-29-23-14-12-10-8-6-4-2/h21,25,48-49,53-54H,3-20,22-24,26-47H2,1-2H3,(H,52,55)/b25-21-. The number of esters is 1. The predicted octanol–water partition coefficient (Wildman–Crippen LogP) is 15.0. The van der Waals surface area contributed by atoms with E-state index >= 15 is 0 Å². The lowest BCUT2D eigenvalue weighted by Gasteiger charge is -2.22. The molecule has 6 heteroatoms. The number of hydrogen-bond donors (Lipinski definition) is 3. The van der Waals surface area contributed by atoms with Gasteiger partial charge in [0.1, 0.15) is 0 Å². The Hall–Kier alpha value is -1.40. The minimum absolute atomic E-state index is 0.0127. The fourth-order valence-electron chi connectivity index (χ4n) is 7.87. The highest BCUT2D eigenvalue weighted by atomic mass is 16.5. The average molecular weight is 806 g/mol. The number of ether oxygens (including phenoxy) is 1. The third-order valence-corrected chi connectivity index (χ3v) is 11.8. The highest BCUT2D eigenvalue weighted by molar-refractivity contribution is 5.76. The molecule has 0 fully saturated rings. The van der Waals surface area contributed by atoms with Crippen molar-refractivity contribution < 1.29 is 24.5 Å². The highest BCUT2D eigenvalue weighted by Gasteiger charge is 2.20. The number of aliphatic hydroxyl groups is 2. The molecule has 0 spiro atoms. The molecule has 3 N–H and O–H groups in total. The molecule has 0 aromatic heterocycles. The van der Waals surface area contributed by atoms with Crippen LogP contribution in [-0.2, 0) is 14.3 Å². The van der Waals surface area contributed by atoms with Gasteiger partial charge >= 0.3 is 5.97 Å². The van der Waals surface area contributed by atoms with Gasteiger partial charge in [-0.2, -0.15) is 0 Å². The van der Waals surface area contributed by atoms with Crippen molar-refractivity contribution in [1.29, 1.82) is 0 Å². The van der Waals surface area contributed by atoms with Gasteiger partial charge in [-0.15, -0.1) is 0 Å². The Labute approximate surface area is 355 Å². The van der Waals surface area contributed by atoms with Crippen LogP contribution in [0.5, 0.6) is 0 Å². The second-order valence-electron chi connectivity index (χ2n) is 17.5. The van der Waals surface area contributed by atoms with Gasteiger partial charge < -0.3 is 20.3 Å². The summed E-state index contributed by atoms with van der Waals surface area (Å²) in [5.74, 6) is -0.0762. The Morgan fingerprint density at radius 3 is 1.26 bits per heavy atom. The summed E-state index contributed by atoms with van der Waals surface area (Å²) in [6.45, 7) is 4.91. The largest absolute Gasteiger partial charge is 0.466 e. The summed E-state index contributed by atoms with van der Waals surface area (Å²) in [4.78, 5) is 24.4. The minimum Gasteiger partial charge on any atom is -0.466 e. The minimum atomic E-state index is -0.680. The second kappa shape index (κ2) is 47.3. The SMILES string of the molecule is CCCCCCCCCCCCCCCCCCC(O)C(CO)NC(=O)CCCCC/C=C\CCCCCCCCOC(=O)CCCCCCCCCCCCC. The van der Waals surface area contributed by atoms with Gasteiger partial charge in [-0.25, -0.2) is 0 Å². The van der Waals surface area contributed by atoms with Crippen LogP contribution in [0.25, 0.3) is 0 Å². The van der Waals surface area contributed by atoms with Gasteiger partial charge in [0.05, 0.1) is 25.4 Å². The first-order valence-corrected chi connectivity index (χ1v) is 25.4. The van der Waals surface area contributed by atoms with E-state index in [-0.39, 0.29) is 18.5 Å². The Balaban J connectivity index is 3.50. The van der Waals surface area contributed by atoms with Gasteiger partial charge in [-0.1, -0.05) is 225 Å². The molecule has 0 bridgehead atoms. The first-order chi connectivity index (χ1) is 28.0. The van der Waals surface area contributed by atoms with Crippen molar-refractivity contribution in [3.8, 4) is 0 Å². The van der Waals surface area contributed by atoms with Gasteiger partial charge in [0.2, 0.25) is 5.91 Å². The summed E-state index contributed by atoms with van der Waals surface area (Å²) in [5, 5.41) is 23.2. The quantitative estimate of drug-likeness (QED) is 0.0323. The fourth-order valence-corrected chi connectivity index (χ4v) is 7.87. The Bertz CT molecular complexity index is 847. The molecule has 2 unspecified atom stereocenters. The normalized spacial score (nSPS) is 12.7. The molecule has 0 saturated carbocycles. The Morgan fingerprint density at radius 2 is 0.825 bits per heavy atom. The van der Waals surface area contributed by atoms with Gasteiger partial charge in [-0.3, -0.25) is 9.59 Å². The van der Waals surface area contributed by atoms with E-state index in [0.29, 0.717) is 25.9 Å². The van der Waals surface area contributed by atoms with Crippen molar-refractivity contribution in [3.63, 3.8) is 0 Å². The first-order valence-electron chi connectivity index (χ1n) is 25.4. The molecule has 2 atom stereocenters. The third kappa shape index (κ3) is 44.0. The zero-order valence-electron chi connectivity index (χ0n) is 38.3. The van der Waals surface area contributed by atoms with Crippen LogP contribution in [0, 0.1) is 0 Å². The lowest BCUT2D eigenvalue weighted by Crippen LogP contribution is -2.45. The molecule has 6 nitrogen and oxygen atoms in total. The average Bonchev–Trinajstić information content (AvgIpc) is 3.21. The van der Waals surface area contributed by atoms with Crippen LogP contribution in [0.2, 0.25) is 0 Å². The number of nitrogens with one attached hydrogen (secondary N) is 1. The van der Waals surface area contributed by atoms with Crippen molar-refractivity contribution >= 4 is 11.9 Å². The van der Waals surface area contributed by atoms with Crippen molar-refractivity contribution in [3.05, 3.63) is 12.2 Å². The van der Waals surface area contributed by atoms with Crippen LogP contribution in [0.3, 0.4) is 0 Å². The van der Waals surface area contributed by atoms with Crippen LogP contribution in [0.1, 0.15) is 277 Å². The molecular formula is C51H99NO5. The molecule has 0 aliphatic carbocycles. The van der Waals surface area contributed by atoms with Crippen molar-refractivity contribution in [1.82, 2.24) is 5.32 Å². The summed E-state index contributed by atoms with van der Waals surface area (Å²) in [7, 11) is 0. The lowest BCUT2D eigenvalue weighted by molar-refractivity contribution is -0.143. The molecule has 0 aliphatic rings. The molecule has 1 amide bonds. The molecule has 0 aromatic carbocycles. The molecule has 0 radical (unpaired) electrons. The summed E-state index contributed by atoms with van der Waals surface area (Å²) in [5.41, 5.74) is 0. The number of amides is 1. The summed E-state index contributed by atoms with van der Waals surface area (Å²) < 4.78 is 5.44. The molecule has 57 heavy (non-hydrogen) atoms. The number of carbonyl (C=O) groups excluding carboxylic acids is 2. The maximum Gasteiger partial charge on any atom is 0.305 e. The number of carbonyl (C=O) groups is 2. The molecule has 338 valence electrons. The van der Waals surface area contributed by atoms with Crippen molar-refractivity contribution in [2.24, 2.45) is 0 Å². The topological polar surface area (TPSA) is 95.9 Å². The molecule has 0 rings (SSSR count). The zero-order chi connectivity index (χ0) is 41.5. The van der Waals surface area contributed by atoms with Crippen LogP contribution >= 0.6 is 0 Å². The van der Waals surface area contributed by atoms with E-state index in [4.69, 9.17) is 4.74 Å². The number of hydrogen-bond acceptors (Lipinski definition) is 5. The smallest absolute Gasteiger partial charge is 0.305 e. The first kappa shape index (κ1) is 55.6. The van der Waals surface area contributed by atoms with Crippen LogP contribution in [0.4, 0.5) is 0 Å². The van der Waals surface area contributed by atoms with Gasteiger partial charge in [0.25, 0.3) is 0 Å². The maximum absolute atomic E-state index is 12.4. The van der Waals surface area contributed by atoms with Crippen molar-refractivity contribution in [2.45, 2.75) is 289 Å². The van der Waals surface area contributed by atoms with E-state index < -0.39 is 12.1 Å². The summed E-state index contributed by atoms with van der Waals surface area (Å²) >= 11 is 0. The monoisotopic (exact) mass is 806 g/mol. The van der Waals surface area contributed by atoms with E-state index in [9.17, 15) is 19.8 Å². The highest BCUT2D eigenvalue weighted by Crippen LogP contribution is 2.16. The molecule has 0 aromatic rings. The van der Waals surface area contributed by atoms with Gasteiger partial charge in [-0.05, 0) is 51.4 Å². The van der Waals surface area contributed by atoms with E-state index in [1.165, 1.54) is 173 Å². The maximum atomic E-state index is 12.4. The lowest BCUT2D eigenvalue weighted by atomic mass is 10.0. The van der Waals surface area contributed by atoms with Gasteiger partial charge in [0.15, 0.2) is 0 Å². The summed E-state index contributed by atoms with van der Waals surface area (Å²) in [6, 6.07) is -0.560. The van der Waals surface area contributed by atoms with Crippen LogP contribution in [-0.4, -0.2) is 47.4 Å². The predicted molar refractivity (Wildman–Crippen MR) is 246 cm³/mol. The number of allylic oxidation sites excluding steroid dienone is 2. The van der Waals surface area contributed by atoms with E-state index in [1.54, 1.807) is 0 Å². The van der Waals surface area contributed by atoms with Crippen LogP contribution < -0.4 is 5.32 Å². The van der Waals surface area contributed by atoms with E-state index in [2.05, 4.69) is 31.3 Å². The second-order valence-corrected chi connectivity index (χ2v) is 17.5. The fraction of sp³-hybridized carbons (Fsp3) is 0.922. The number of rotatable bonds is 47.